The van der Waals surface area contributed by atoms with Crippen molar-refractivity contribution >= 4 is 21.5 Å². The summed E-state index contributed by atoms with van der Waals surface area (Å²) in [6, 6.07) is 42.3. The monoisotopic (exact) mass is 510 g/mol. The molecule has 0 bridgehead atoms. The molecule has 0 aliphatic heterocycles. The number of hydrogen-bond donors (Lipinski definition) is 1. The lowest BCUT2D eigenvalue weighted by molar-refractivity contribution is 0.202. The highest BCUT2D eigenvalue weighted by molar-refractivity contribution is 6.11. The molecule has 0 saturated heterocycles. The molecule has 0 radical (unpaired) electrons. The molecule has 0 spiro atoms. The number of aliphatic hydroxyl groups is 1. The third-order valence-corrected chi connectivity index (χ3v) is 7.08. The van der Waals surface area contributed by atoms with Gasteiger partial charge in [0.05, 0.1) is 13.2 Å². The molecule has 3 heteroatoms. The van der Waals surface area contributed by atoms with E-state index in [1.807, 2.05) is 25.1 Å². The lowest BCUT2D eigenvalue weighted by Crippen LogP contribution is -2.04. The van der Waals surface area contributed by atoms with Crippen molar-refractivity contribution in [2.24, 2.45) is 0 Å². The molecule has 192 valence electrons. The maximum atomic E-state index is 9.56. The van der Waals surface area contributed by atoms with Crippen molar-refractivity contribution in [1.29, 1.82) is 0 Å². The molecule has 6 aromatic carbocycles. The van der Waals surface area contributed by atoms with Gasteiger partial charge in [-0.05, 0) is 75.0 Å². The molecule has 3 nitrogen and oxygen atoms in total. The maximum Gasteiger partial charge on any atom is 0.128 e. The molecule has 0 saturated carbocycles. The van der Waals surface area contributed by atoms with Gasteiger partial charge in [-0.15, -0.1) is 0 Å². The molecule has 0 aliphatic rings. The van der Waals surface area contributed by atoms with Crippen LogP contribution in [0.1, 0.15) is 6.92 Å². The summed E-state index contributed by atoms with van der Waals surface area (Å²) in [6.45, 7) is 2.72. The van der Waals surface area contributed by atoms with Gasteiger partial charge in [-0.3, -0.25) is 0 Å². The van der Waals surface area contributed by atoms with Crippen LogP contribution in [0.4, 0.5) is 0 Å². The molecule has 0 fully saturated rings. The van der Waals surface area contributed by atoms with Crippen LogP contribution in [0.15, 0.2) is 121 Å². The highest BCUT2D eigenvalue weighted by Crippen LogP contribution is 2.46. The number of fused-ring (bicyclic) bond motifs is 2. The van der Waals surface area contributed by atoms with Crippen molar-refractivity contribution in [3.63, 3.8) is 0 Å². The second-order valence-electron chi connectivity index (χ2n) is 9.49. The van der Waals surface area contributed by atoms with E-state index in [1.54, 1.807) is 0 Å². The SMILES string of the molecule is CCOc1ccc2cc(-c3ccccc3)ccc2c1-c1c(OCCO)ccc2cc(-c3ccccc3)ccc12. The van der Waals surface area contributed by atoms with Crippen LogP contribution >= 0.6 is 0 Å². The van der Waals surface area contributed by atoms with E-state index in [9.17, 15) is 5.11 Å². The van der Waals surface area contributed by atoms with Gasteiger partial charge in [-0.25, -0.2) is 0 Å². The maximum absolute atomic E-state index is 9.56. The quantitative estimate of drug-likeness (QED) is 0.222. The lowest BCUT2D eigenvalue weighted by Gasteiger charge is -2.20. The minimum Gasteiger partial charge on any atom is -0.493 e. The molecule has 0 aromatic heterocycles. The summed E-state index contributed by atoms with van der Waals surface area (Å²) in [6.07, 6.45) is 0. The predicted molar refractivity (Wildman–Crippen MR) is 162 cm³/mol. The zero-order valence-corrected chi connectivity index (χ0v) is 21.9. The molecule has 0 aliphatic carbocycles. The second-order valence-corrected chi connectivity index (χ2v) is 9.49. The zero-order valence-electron chi connectivity index (χ0n) is 21.9. The van der Waals surface area contributed by atoms with E-state index in [0.29, 0.717) is 6.61 Å². The van der Waals surface area contributed by atoms with Gasteiger partial charge in [0.2, 0.25) is 0 Å². The Labute approximate surface area is 228 Å². The molecular weight excluding hydrogens is 480 g/mol. The summed E-state index contributed by atoms with van der Waals surface area (Å²) >= 11 is 0. The van der Waals surface area contributed by atoms with Crippen molar-refractivity contribution in [3.8, 4) is 44.9 Å². The third kappa shape index (κ3) is 4.85. The van der Waals surface area contributed by atoms with Gasteiger partial charge in [0.1, 0.15) is 18.1 Å². The fourth-order valence-corrected chi connectivity index (χ4v) is 5.31. The summed E-state index contributed by atoms with van der Waals surface area (Å²) in [5.74, 6) is 1.54. The van der Waals surface area contributed by atoms with Crippen LogP contribution in [-0.2, 0) is 0 Å². The zero-order chi connectivity index (χ0) is 26.6. The average molecular weight is 511 g/mol. The Bertz CT molecular complexity index is 1740. The van der Waals surface area contributed by atoms with Gasteiger partial charge < -0.3 is 14.6 Å². The Balaban J connectivity index is 1.61. The predicted octanol–water partition coefficient (Wildman–Crippen LogP) is 8.76. The molecular formula is C36H30O3. The normalized spacial score (nSPS) is 11.1. The van der Waals surface area contributed by atoms with Gasteiger partial charge in [0.15, 0.2) is 0 Å². The minimum absolute atomic E-state index is 0.0568. The highest BCUT2D eigenvalue weighted by atomic mass is 16.5. The number of rotatable bonds is 8. The van der Waals surface area contributed by atoms with Crippen molar-refractivity contribution in [3.05, 3.63) is 121 Å². The first-order chi connectivity index (χ1) is 19.3. The molecule has 39 heavy (non-hydrogen) atoms. The number of aliphatic hydroxyl groups excluding tert-OH is 1. The Morgan fingerprint density at radius 3 is 1.46 bits per heavy atom. The largest absolute Gasteiger partial charge is 0.493 e. The first-order valence-electron chi connectivity index (χ1n) is 13.4. The van der Waals surface area contributed by atoms with Crippen LogP contribution in [0, 0.1) is 0 Å². The van der Waals surface area contributed by atoms with Gasteiger partial charge in [-0.2, -0.15) is 0 Å². The van der Waals surface area contributed by atoms with Gasteiger partial charge in [0, 0.05) is 11.1 Å². The first-order valence-corrected chi connectivity index (χ1v) is 13.4. The fraction of sp³-hybridized carbons (Fsp3) is 0.111. The standard InChI is InChI=1S/C36H30O3/c1-2-38-33-19-15-29-23-27(25-9-5-3-6-10-25)13-17-31(29)35(33)36-32-18-14-28(26-11-7-4-8-12-26)24-30(32)16-20-34(36)39-22-21-37/h3-20,23-24,37H,2,21-22H2,1H3. The van der Waals surface area contributed by atoms with Crippen LogP contribution in [0.3, 0.4) is 0 Å². The van der Waals surface area contributed by atoms with E-state index in [2.05, 4.69) is 103 Å². The van der Waals surface area contributed by atoms with E-state index in [0.717, 1.165) is 49.7 Å². The molecule has 0 amide bonds. The van der Waals surface area contributed by atoms with Crippen LogP contribution in [0.25, 0.3) is 54.9 Å². The van der Waals surface area contributed by atoms with Crippen molar-refractivity contribution < 1.29 is 14.6 Å². The van der Waals surface area contributed by atoms with Crippen LogP contribution < -0.4 is 9.47 Å². The average Bonchev–Trinajstić information content (AvgIpc) is 3.00. The van der Waals surface area contributed by atoms with Crippen LogP contribution in [0.5, 0.6) is 11.5 Å². The molecule has 0 heterocycles. The van der Waals surface area contributed by atoms with Crippen molar-refractivity contribution in [2.75, 3.05) is 19.8 Å². The van der Waals surface area contributed by atoms with Gasteiger partial charge in [-0.1, -0.05) is 97.1 Å². The molecule has 0 unspecified atom stereocenters. The Morgan fingerprint density at radius 1 is 0.513 bits per heavy atom. The van der Waals surface area contributed by atoms with Gasteiger partial charge in [0.25, 0.3) is 0 Å². The van der Waals surface area contributed by atoms with Crippen LogP contribution in [0.2, 0.25) is 0 Å². The summed E-state index contributed by atoms with van der Waals surface area (Å²) < 4.78 is 12.3. The highest BCUT2D eigenvalue weighted by Gasteiger charge is 2.20. The lowest BCUT2D eigenvalue weighted by atomic mass is 9.90. The van der Waals surface area contributed by atoms with E-state index >= 15 is 0 Å². The Hall–Kier alpha value is -4.60. The molecule has 6 aromatic rings. The molecule has 1 N–H and O–H groups in total. The topological polar surface area (TPSA) is 38.7 Å². The van der Waals surface area contributed by atoms with E-state index in [1.165, 1.54) is 16.7 Å². The second kappa shape index (κ2) is 11.0. The minimum atomic E-state index is -0.0568. The smallest absolute Gasteiger partial charge is 0.128 e. The van der Waals surface area contributed by atoms with E-state index < -0.39 is 0 Å². The number of benzene rings is 6. The van der Waals surface area contributed by atoms with Crippen molar-refractivity contribution in [1.82, 2.24) is 0 Å². The fourth-order valence-electron chi connectivity index (χ4n) is 5.31. The number of hydrogen-bond acceptors (Lipinski definition) is 3. The summed E-state index contributed by atoms with van der Waals surface area (Å²) in [5, 5.41) is 14.0. The summed E-state index contributed by atoms with van der Waals surface area (Å²) in [4.78, 5) is 0. The summed E-state index contributed by atoms with van der Waals surface area (Å²) in [7, 11) is 0. The Morgan fingerprint density at radius 2 is 1.00 bits per heavy atom. The number of ether oxygens (including phenoxy) is 2. The third-order valence-electron chi connectivity index (χ3n) is 7.08. The molecule has 0 atom stereocenters. The van der Waals surface area contributed by atoms with Crippen molar-refractivity contribution in [2.45, 2.75) is 6.92 Å². The van der Waals surface area contributed by atoms with E-state index in [-0.39, 0.29) is 13.2 Å². The van der Waals surface area contributed by atoms with E-state index in [4.69, 9.17) is 9.47 Å². The van der Waals surface area contributed by atoms with Gasteiger partial charge >= 0.3 is 0 Å². The summed E-state index contributed by atoms with van der Waals surface area (Å²) in [5.41, 5.74) is 6.66. The van der Waals surface area contributed by atoms with Crippen LogP contribution in [-0.4, -0.2) is 24.9 Å². The molecule has 6 rings (SSSR count). The Kier molecular flexibility index (Phi) is 6.99. The first kappa shape index (κ1) is 24.7.